The molecule has 3 aromatic rings. The van der Waals surface area contributed by atoms with Gasteiger partial charge in [0.15, 0.2) is 5.65 Å². The van der Waals surface area contributed by atoms with Gasteiger partial charge >= 0.3 is 6.18 Å². The molecule has 34 heavy (non-hydrogen) atoms. The Labute approximate surface area is 197 Å². The van der Waals surface area contributed by atoms with Crippen molar-refractivity contribution in [1.29, 1.82) is 0 Å². The van der Waals surface area contributed by atoms with Gasteiger partial charge in [0.05, 0.1) is 23.9 Å². The number of pyridine rings is 1. The summed E-state index contributed by atoms with van der Waals surface area (Å²) in [6, 6.07) is 5.72. The van der Waals surface area contributed by atoms with E-state index in [0.717, 1.165) is 22.3 Å². The van der Waals surface area contributed by atoms with Crippen LogP contribution in [0.4, 0.5) is 19.1 Å². The highest BCUT2D eigenvalue weighted by molar-refractivity contribution is 5.80. The van der Waals surface area contributed by atoms with E-state index in [9.17, 15) is 13.2 Å². The molecule has 4 rings (SSSR count). The van der Waals surface area contributed by atoms with Crippen molar-refractivity contribution in [2.75, 3.05) is 31.7 Å². The van der Waals surface area contributed by atoms with E-state index in [2.05, 4.69) is 25.1 Å². The van der Waals surface area contributed by atoms with Crippen molar-refractivity contribution in [1.82, 2.24) is 25.1 Å². The molecule has 0 bridgehead atoms. The first-order chi connectivity index (χ1) is 16.1. The SMILES string of the molecule is CCN(CCOC)c1nc(C2CC(C(F)(F)F)C2)c2cc(C)c(C)nc2n1.Cc1cccnn1. The molecule has 1 saturated carbocycles. The van der Waals surface area contributed by atoms with Crippen LogP contribution in [0.3, 0.4) is 0 Å². The number of anilines is 1. The summed E-state index contributed by atoms with van der Waals surface area (Å²) in [6.07, 6.45) is -2.33. The Balaban J connectivity index is 0.000000396. The molecule has 0 N–H and O–H groups in total. The van der Waals surface area contributed by atoms with Crippen LogP contribution in [-0.4, -0.2) is 58.1 Å². The average molecular weight is 477 g/mol. The second-order valence-electron chi connectivity index (χ2n) is 8.52. The third kappa shape index (κ3) is 6.16. The van der Waals surface area contributed by atoms with Gasteiger partial charge < -0.3 is 9.64 Å². The minimum absolute atomic E-state index is 0.0756. The number of aromatic nitrogens is 5. The van der Waals surface area contributed by atoms with Crippen molar-refractivity contribution in [3.8, 4) is 0 Å². The fourth-order valence-corrected chi connectivity index (χ4v) is 3.79. The lowest BCUT2D eigenvalue weighted by molar-refractivity contribution is -0.197. The minimum atomic E-state index is -4.14. The third-order valence-electron chi connectivity index (χ3n) is 6.07. The minimum Gasteiger partial charge on any atom is -0.383 e. The summed E-state index contributed by atoms with van der Waals surface area (Å²) in [5.74, 6) is -0.958. The lowest BCUT2D eigenvalue weighted by atomic mass is 9.72. The maximum absolute atomic E-state index is 13.0. The molecule has 1 aliphatic carbocycles. The highest BCUT2D eigenvalue weighted by Crippen LogP contribution is 2.50. The van der Waals surface area contributed by atoms with E-state index >= 15 is 0 Å². The summed E-state index contributed by atoms with van der Waals surface area (Å²) in [4.78, 5) is 15.8. The molecule has 1 fully saturated rings. The van der Waals surface area contributed by atoms with E-state index in [1.165, 1.54) is 0 Å². The van der Waals surface area contributed by atoms with Crippen LogP contribution < -0.4 is 4.90 Å². The molecule has 0 atom stereocenters. The van der Waals surface area contributed by atoms with Crippen LogP contribution in [0, 0.1) is 26.7 Å². The van der Waals surface area contributed by atoms with Gasteiger partial charge in [-0.05, 0) is 64.3 Å². The van der Waals surface area contributed by atoms with E-state index in [1.54, 1.807) is 13.3 Å². The molecule has 0 spiro atoms. The summed E-state index contributed by atoms with van der Waals surface area (Å²) in [6.45, 7) is 9.54. The largest absolute Gasteiger partial charge is 0.391 e. The van der Waals surface area contributed by atoms with Crippen LogP contribution in [0.15, 0.2) is 24.4 Å². The topological polar surface area (TPSA) is 76.9 Å². The first-order valence-corrected chi connectivity index (χ1v) is 11.3. The smallest absolute Gasteiger partial charge is 0.383 e. The number of aryl methyl sites for hydroxylation is 3. The summed E-state index contributed by atoms with van der Waals surface area (Å²) in [7, 11) is 1.62. The monoisotopic (exact) mass is 476 g/mol. The van der Waals surface area contributed by atoms with Gasteiger partial charge in [-0.3, -0.25) is 0 Å². The van der Waals surface area contributed by atoms with Gasteiger partial charge in [0.1, 0.15) is 0 Å². The van der Waals surface area contributed by atoms with Crippen molar-refractivity contribution < 1.29 is 17.9 Å². The van der Waals surface area contributed by atoms with Crippen molar-refractivity contribution in [3.05, 3.63) is 47.0 Å². The maximum Gasteiger partial charge on any atom is 0.391 e. The van der Waals surface area contributed by atoms with Gasteiger partial charge in [-0.1, -0.05) is 0 Å². The number of ether oxygens (including phenoxy) is 1. The zero-order chi connectivity index (χ0) is 24.9. The maximum atomic E-state index is 13.0. The second-order valence-corrected chi connectivity index (χ2v) is 8.52. The van der Waals surface area contributed by atoms with Crippen LogP contribution in [0.5, 0.6) is 0 Å². The molecule has 3 aromatic heterocycles. The zero-order valence-corrected chi connectivity index (χ0v) is 20.2. The normalized spacial score (nSPS) is 17.6. The Hall–Kier alpha value is -2.88. The fraction of sp³-hybridized carbons (Fsp3) is 0.542. The van der Waals surface area contributed by atoms with Crippen molar-refractivity contribution in [3.63, 3.8) is 0 Å². The van der Waals surface area contributed by atoms with Crippen LogP contribution in [0.25, 0.3) is 11.0 Å². The zero-order valence-electron chi connectivity index (χ0n) is 20.2. The number of likely N-dealkylation sites (N-methyl/N-ethyl adjacent to an activating group) is 1. The van der Waals surface area contributed by atoms with Crippen LogP contribution in [0.1, 0.15) is 48.3 Å². The first kappa shape index (κ1) is 25.7. The summed E-state index contributed by atoms with van der Waals surface area (Å²) < 4.78 is 44.0. The lowest BCUT2D eigenvalue weighted by Crippen LogP contribution is -2.35. The molecular weight excluding hydrogens is 445 g/mol. The van der Waals surface area contributed by atoms with Crippen molar-refractivity contribution in [2.45, 2.75) is 52.6 Å². The first-order valence-electron chi connectivity index (χ1n) is 11.3. The number of hydrogen-bond donors (Lipinski definition) is 0. The molecule has 0 amide bonds. The Morgan fingerprint density at radius 1 is 1.12 bits per heavy atom. The van der Waals surface area contributed by atoms with Crippen LogP contribution >= 0.6 is 0 Å². The molecule has 184 valence electrons. The quantitative estimate of drug-likeness (QED) is 0.498. The number of hydrogen-bond acceptors (Lipinski definition) is 7. The molecular formula is C24H31F3N6O. The predicted molar refractivity (Wildman–Crippen MR) is 125 cm³/mol. The highest BCUT2D eigenvalue weighted by atomic mass is 19.4. The Kier molecular flexibility index (Phi) is 8.35. The number of methoxy groups -OCH3 is 1. The van der Waals surface area contributed by atoms with E-state index < -0.39 is 12.1 Å². The molecule has 0 unspecified atom stereocenters. The standard InChI is InChI=1S/C19H25F3N4O.C5H6N2/c1-5-26(6-7-27-4)18-24-16(13-9-14(10-13)19(20,21)22)15-8-11(2)12(3)23-17(15)25-18;1-5-3-2-4-6-7-5/h8,13-14H,5-7,9-10H2,1-4H3;2-4H,1H3. The average Bonchev–Trinajstić information content (AvgIpc) is 2.74. The molecule has 1 aliphatic rings. The molecule has 0 aliphatic heterocycles. The second kappa shape index (κ2) is 11.0. The van der Waals surface area contributed by atoms with Gasteiger partial charge in [0.2, 0.25) is 5.95 Å². The van der Waals surface area contributed by atoms with Crippen LogP contribution in [-0.2, 0) is 4.74 Å². The van der Waals surface area contributed by atoms with E-state index in [0.29, 0.717) is 37.0 Å². The van der Waals surface area contributed by atoms with Gasteiger partial charge in [-0.2, -0.15) is 28.4 Å². The van der Waals surface area contributed by atoms with Gasteiger partial charge in [-0.25, -0.2) is 9.97 Å². The molecule has 7 nitrogen and oxygen atoms in total. The molecule has 3 heterocycles. The highest BCUT2D eigenvalue weighted by Gasteiger charge is 2.49. The Morgan fingerprint density at radius 3 is 2.38 bits per heavy atom. The number of fused-ring (bicyclic) bond motifs is 1. The van der Waals surface area contributed by atoms with E-state index in [1.807, 2.05) is 50.8 Å². The van der Waals surface area contributed by atoms with Gasteiger partial charge in [0.25, 0.3) is 0 Å². The summed E-state index contributed by atoms with van der Waals surface area (Å²) >= 11 is 0. The third-order valence-corrected chi connectivity index (χ3v) is 6.07. The van der Waals surface area contributed by atoms with Gasteiger partial charge in [0, 0.05) is 43.4 Å². The summed E-state index contributed by atoms with van der Waals surface area (Å²) in [5.41, 5.74) is 4.03. The number of halogens is 3. The molecule has 0 aromatic carbocycles. The van der Waals surface area contributed by atoms with Crippen molar-refractivity contribution >= 4 is 17.0 Å². The molecule has 10 heteroatoms. The Bertz CT molecular complexity index is 1090. The van der Waals surface area contributed by atoms with Gasteiger partial charge in [-0.15, -0.1) is 0 Å². The Morgan fingerprint density at radius 2 is 1.85 bits per heavy atom. The number of nitrogens with zero attached hydrogens (tertiary/aromatic N) is 6. The fourth-order valence-electron chi connectivity index (χ4n) is 3.79. The van der Waals surface area contributed by atoms with E-state index in [4.69, 9.17) is 4.74 Å². The molecule has 0 radical (unpaired) electrons. The van der Waals surface area contributed by atoms with E-state index in [-0.39, 0.29) is 18.8 Å². The number of alkyl halides is 3. The summed E-state index contributed by atoms with van der Waals surface area (Å²) in [5, 5.41) is 8.12. The lowest BCUT2D eigenvalue weighted by Gasteiger charge is -2.37. The van der Waals surface area contributed by atoms with Crippen molar-refractivity contribution in [2.24, 2.45) is 5.92 Å². The predicted octanol–water partition coefficient (Wildman–Crippen LogP) is 4.96. The van der Waals surface area contributed by atoms with Crippen LogP contribution in [0.2, 0.25) is 0 Å². The number of rotatable bonds is 6. The molecule has 0 saturated heterocycles.